The van der Waals surface area contributed by atoms with Crippen LogP contribution in [0.25, 0.3) is 5.65 Å². The minimum atomic E-state index is 0.558. The Morgan fingerprint density at radius 1 is 1.39 bits per heavy atom. The molecule has 0 radical (unpaired) electrons. The Kier molecular flexibility index (Phi) is 2.19. The zero-order chi connectivity index (χ0) is 12.4. The first-order valence-electron chi connectivity index (χ1n) is 6.54. The number of aromatic nitrogens is 2. The molecule has 2 atom stereocenters. The first kappa shape index (κ1) is 11.0. The molecule has 0 N–H and O–H groups in total. The molecule has 4 heteroatoms. The molecule has 2 aliphatic rings. The van der Waals surface area contributed by atoms with Crippen molar-refractivity contribution in [2.75, 3.05) is 7.05 Å². The lowest BCUT2D eigenvalue weighted by Gasteiger charge is -2.30. The molecule has 1 saturated heterocycles. The molecule has 0 amide bonds. The zero-order valence-electron chi connectivity index (χ0n) is 10.7. The first-order chi connectivity index (χ1) is 8.65. The Balaban J connectivity index is 2.04. The monoisotopic (exact) mass is 305 g/mol. The molecule has 2 bridgehead atoms. The van der Waals surface area contributed by atoms with Gasteiger partial charge in [0.25, 0.3) is 0 Å². The number of aryl methyl sites for hydroxylation is 1. The van der Waals surface area contributed by atoms with Crippen LogP contribution in [0.15, 0.2) is 16.7 Å². The van der Waals surface area contributed by atoms with Crippen molar-refractivity contribution in [2.24, 2.45) is 0 Å². The second-order valence-electron chi connectivity index (χ2n) is 5.60. The Morgan fingerprint density at radius 2 is 2.22 bits per heavy atom. The van der Waals surface area contributed by atoms with Crippen LogP contribution >= 0.6 is 15.9 Å². The van der Waals surface area contributed by atoms with Gasteiger partial charge in [-0.2, -0.15) is 0 Å². The van der Waals surface area contributed by atoms with Crippen LogP contribution in [0.1, 0.15) is 35.8 Å². The van der Waals surface area contributed by atoms with Crippen molar-refractivity contribution in [2.45, 2.75) is 38.3 Å². The minimum Gasteiger partial charge on any atom is -0.301 e. The van der Waals surface area contributed by atoms with E-state index in [1.54, 1.807) is 0 Å². The van der Waals surface area contributed by atoms with Crippen LogP contribution in [-0.4, -0.2) is 27.4 Å². The molecule has 4 rings (SSSR count). The predicted octanol–water partition coefficient (Wildman–Crippen LogP) is 3.10. The summed E-state index contributed by atoms with van der Waals surface area (Å²) in [6.45, 7) is 2.14. The number of rotatable bonds is 0. The van der Waals surface area contributed by atoms with Crippen molar-refractivity contribution in [1.82, 2.24) is 14.3 Å². The normalized spacial score (nSPS) is 26.8. The van der Waals surface area contributed by atoms with Gasteiger partial charge in [-0.15, -0.1) is 0 Å². The number of pyridine rings is 1. The summed E-state index contributed by atoms with van der Waals surface area (Å²) in [6, 6.07) is 3.41. The van der Waals surface area contributed by atoms with Gasteiger partial charge >= 0.3 is 0 Å². The molecule has 94 valence electrons. The molecular weight excluding hydrogens is 290 g/mol. The standard InChI is InChI=1S/C14H16BrN3/c1-8-5-9(15)7-18-13-11(16-14(8)18)6-10-3-4-12(13)17(10)2/h5,7,10,12H,3-4,6H2,1-2H3. The van der Waals surface area contributed by atoms with Crippen molar-refractivity contribution >= 4 is 21.6 Å². The number of imidazole rings is 1. The van der Waals surface area contributed by atoms with Gasteiger partial charge in [0.05, 0.1) is 17.4 Å². The second kappa shape index (κ2) is 3.58. The third kappa shape index (κ3) is 1.30. The number of fused-ring (bicyclic) bond motifs is 6. The number of hydrogen-bond acceptors (Lipinski definition) is 2. The summed E-state index contributed by atoms with van der Waals surface area (Å²) in [6.07, 6.45) is 5.86. The van der Waals surface area contributed by atoms with E-state index in [0.717, 1.165) is 16.5 Å². The highest BCUT2D eigenvalue weighted by Crippen LogP contribution is 2.42. The third-order valence-electron chi connectivity index (χ3n) is 4.57. The Morgan fingerprint density at radius 3 is 3.06 bits per heavy atom. The number of likely N-dealkylation sites (N-methyl/N-ethyl adjacent to an activating group) is 1. The maximum Gasteiger partial charge on any atom is 0.140 e. The predicted molar refractivity (Wildman–Crippen MR) is 74.9 cm³/mol. The molecule has 0 saturated carbocycles. The van der Waals surface area contributed by atoms with E-state index < -0.39 is 0 Å². The fourth-order valence-electron chi connectivity index (χ4n) is 3.65. The number of halogens is 1. The van der Waals surface area contributed by atoms with Crippen molar-refractivity contribution in [3.05, 3.63) is 33.7 Å². The summed E-state index contributed by atoms with van der Waals surface area (Å²) < 4.78 is 3.44. The fourth-order valence-corrected chi connectivity index (χ4v) is 4.20. The fraction of sp³-hybridized carbons (Fsp3) is 0.500. The number of hydrogen-bond donors (Lipinski definition) is 0. The van der Waals surface area contributed by atoms with Gasteiger partial charge in [0.15, 0.2) is 0 Å². The highest BCUT2D eigenvalue weighted by atomic mass is 79.9. The third-order valence-corrected chi connectivity index (χ3v) is 5.00. The van der Waals surface area contributed by atoms with E-state index in [0.29, 0.717) is 12.1 Å². The summed E-state index contributed by atoms with van der Waals surface area (Å²) in [5.74, 6) is 0. The van der Waals surface area contributed by atoms with E-state index in [-0.39, 0.29) is 0 Å². The average molecular weight is 306 g/mol. The molecule has 3 nitrogen and oxygen atoms in total. The number of nitrogens with zero attached hydrogens (tertiary/aromatic N) is 3. The van der Waals surface area contributed by atoms with Gasteiger partial charge in [-0.05, 0) is 54.4 Å². The lowest BCUT2D eigenvalue weighted by Crippen LogP contribution is -2.34. The molecule has 2 aromatic heterocycles. The van der Waals surface area contributed by atoms with Gasteiger partial charge in [0.1, 0.15) is 5.65 Å². The maximum absolute atomic E-state index is 4.88. The van der Waals surface area contributed by atoms with Crippen LogP contribution in [0.4, 0.5) is 0 Å². The topological polar surface area (TPSA) is 20.5 Å². The molecule has 1 fully saturated rings. The van der Waals surface area contributed by atoms with Gasteiger partial charge in [-0.1, -0.05) is 0 Å². The largest absolute Gasteiger partial charge is 0.301 e. The van der Waals surface area contributed by atoms with Crippen LogP contribution < -0.4 is 0 Å². The molecule has 0 spiro atoms. The van der Waals surface area contributed by atoms with Crippen LogP contribution in [0.5, 0.6) is 0 Å². The summed E-state index contributed by atoms with van der Waals surface area (Å²) in [5, 5.41) is 0. The zero-order valence-corrected chi connectivity index (χ0v) is 12.2. The minimum absolute atomic E-state index is 0.558. The molecule has 2 aliphatic heterocycles. The maximum atomic E-state index is 4.88. The summed E-state index contributed by atoms with van der Waals surface area (Å²) in [7, 11) is 2.26. The van der Waals surface area contributed by atoms with E-state index in [2.05, 4.69) is 51.5 Å². The van der Waals surface area contributed by atoms with Crippen LogP contribution in [0.3, 0.4) is 0 Å². The molecule has 0 aromatic carbocycles. The average Bonchev–Trinajstić information content (AvgIpc) is 2.77. The molecule has 2 aromatic rings. The Labute approximate surface area is 115 Å². The van der Waals surface area contributed by atoms with Crippen molar-refractivity contribution in [1.29, 1.82) is 0 Å². The SMILES string of the molecule is Cc1cc(Br)cn2c3c(nc12)CC1CCC3N1C. The van der Waals surface area contributed by atoms with Gasteiger partial charge < -0.3 is 4.40 Å². The summed E-state index contributed by atoms with van der Waals surface area (Å²) in [5.41, 5.74) is 5.12. The molecule has 2 unspecified atom stereocenters. The van der Waals surface area contributed by atoms with Gasteiger partial charge in [-0.3, -0.25) is 4.90 Å². The lowest BCUT2D eigenvalue weighted by atomic mass is 10.0. The van der Waals surface area contributed by atoms with Crippen LogP contribution in [0.2, 0.25) is 0 Å². The Bertz CT molecular complexity index is 646. The first-order valence-corrected chi connectivity index (χ1v) is 7.33. The van der Waals surface area contributed by atoms with Crippen LogP contribution in [-0.2, 0) is 6.42 Å². The molecule has 18 heavy (non-hydrogen) atoms. The van der Waals surface area contributed by atoms with Gasteiger partial charge in [0, 0.05) is 23.1 Å². The van der Waals surface area contributed by atoms with Gasteiger partial charge in [0.2, 0.25) is 0 Å². The van der Waals surface area contributed by atoms with Crippen molar-refractivity contribution < 1.29 is 0 Å². The van der Waals surface area contributed by atoms with Gasteiger partial charge in [-0.25, -0.2) is 4.98 Å². The van der Waals surface area contributed by atoms with E-state index in [4.69, 9.17) is 4.98 Å². The molecule has 4 heterocycles. The van der Waals surface area contributed by atoms with E-state index >= 15 is 0 Å². The Hall–Kier alpha value is -0.870. The van der Waals surface area contributed by atoms with E-state index in [1.807, 2.05) is 0 Å². The van der Waals surface area contributed by atoms with E-state index in [9.17, 15) is 0 Å². The second-order valence-corrected chi connectivity index (χ2v) is 6.51. The smallest absolute Gasteiger partial charge is 0.140 e. The van der Waals surface area contributed by atoms with Crippen molar-refractivity contribution in [3.63, 3.8) is 0 Å². The summed E-state index contributed by atoms with van der Waals surface area (Å²) in [4.78, 5) is 7.42. The lowest BCUT2D eigenvalue weighted by molar-refractivity contribution is 0.218. The molecular formula is C14H16BrN3. The van der Waals surface area contributed by atoms with E-state index in [1.165, 1.54) is 29.8 Å². The highest BCUT2D eigenvalue weighted by molar-refractivity contribution is 9.10. The quantitative estimate of drug-likeness (QED) is 0.745. The van der Waals surface area contributed by atoms with Crippen LogP contribution in [0, 0.1) is 6.92 Å². The highest BCUT2D eigenvalue weighted by Gasteiger charge is 2.40. The summed E-state index contributed by atoms with van der Waals surface area (Å²) >= 11 is 3.60. The van der Waals surface area contributed by atoms with Crippen molar-refractivity contribution in [3.8, 4) is 0 Å². The molecule has 0 aliphatic carbocycles.